The lowest BCUT2D eigenvalue weighted by atomic mass is 10.0. The largest absolute Gasteiger partial charge is 0.497 e. The fourth-order valence-corrected chi connectivity index (χ4v) is 3.10. The second-order valence-electron chi connectivity index (χ2n) is 7.24. The van der Waals surface area contributed by atoms with Crippen molar-refractivity contribution in [1.29, 1.82) is 0 Å². The molecule has 1 aromatic rings. The number of nitrogens with one attached hydrogen (secondary N) is 1. The molecule has 0 unspecified atom stereocenters. The molecule has 1 aliphatic heterocycles. The molecule has 2 rings (SSSR count). The molecule has 27 heavy (non-hydrogen) atoms. The SMILES string of the molecule is COc1cc(C=CC(=O)NC2CCN(C(=O)CC(C)C)CC2)cc(OC)c1. The van der Waals surface area contributed by atoms with Gasteiger partial charge in [0.05, 0.1) is 14.2 Å². The molecule has 1 N–H and O–H groups in total. The van der Waals surface area contributed by atoms with Crippen LogP contribution in [-0.2, 0) is 9.59 Å². The van der Waals surface area contributed by atoms with Crippen molar-refractivity contribution in [2.75, 3.05) is 27.3 Å². The molecule has 1 saturated heterocycles. The molecule has 0 aliphatic carbocycles. The van der Waals surface area contributed by atoms with Gasteiger partial charge >= 0.3 is 0 Å². The number of hydrogen-bond donors (Lipinski definition) is 1. The topological polar surface area (TPSA) is 67.9 Å². The van der Waals surface area contributed by atoms with Crippen LogP contribution in [0.25, 0.3) is 6.08 Å². The average Bonchev–Trinajstić information content (AvgIpc) is 2.66. The lowest BCUT2D eigenvalue weighted by Crippen LogP contribution is -2.46. The molecule has 148 valence electrons. The summed E-state index contributed by atoms with van der Waals surface area (Å²) in [5.41, 5.74) is 0.829. The van der Waals surface area contributed by atoms with Gasteiger partial charge in [-0.25, -0.2) is 0 Å². The number of rotatable bonds is 7. The molecule has 0 bridgehead atoms. The number of carbonyl (C=O) groups is 2. The summed E-state index contributed by atoms with van der Waals surface area (Å²) in [4.78, 5) is 26.2. The molecule has 0 saturated carbocycles. The van der Waals surface area contributed by atoms with E-state index in [0.717, 1.165) is 18.4 Å². The Bertz CT molecular complexity index is 655. The first kappa shape index (κ1) is 20.8. The molecule has 0 atom stereocenters. The Morgan fingerprint density at radius 2 is 1.74 bits per heavy atom. The van der Waals surface area contributed by atoms with Gasteiger partial charge in [0.1, 0.15) is 11.5 Å². The lowest BCUT2D eigenvalue weighted by molar-refractivity contribution is -0.133. The average molecular weight is 374 g/mol. The Morgan fingerprint density at radius 1 is 1.15 bits per heavy atom. The van der Waals surface area contributed by atoms with E-state index in [1.54, 1.807) is 26.4 Å². The maximum absolute atomic E-state index is 12.2. The zero-order chi connectivity index (χ0) is 19.8. The van der Waals surface area contributed by atoms with Gasteiger partial charge in [0.2, 0.25) is 11.8 Å². The summed E-state index contributed by atoms with van der Waals surface area (Å²) in [5, 5.41) is 3.02. The van der Waals surface area contributed by atoms with E-state index in [1.165, 1.54) is 6.08 Å². The minimum absolute atomic E-state index is 0.102. The Hall–Kier alpha value is -2.50. The van der Waals surface area contributed by atoms with E-state index >= 15 is 0 Å². The van der Waals surface area contributed by atoms with Crippen LogP contribution in [0.2, 0.25) is 0 Å². The van der Waals surface area contributed by atoms with Crippen LogP contribution in [0.15, 0.2) is 24.3 Å². The first-order valence-corrected chi connectivity index (χ1v) is 9.40. The molecule has 2 amide bonds. The van der Waals surface area contributed by atoms with Crippen LogP contribution in [0.1, 0.15) is 38.7 Å². The highest BCUT2D eigenvalue weighted by Gasteiger charge is 2.23. The van der Waals surface area contributed by atoms with Crippen LogP contribution in [0.4, 0.5) is 0 Å². The van der Waals surface area contributed by atoms with Crippen molar-refractivity contribution in [3.05, 3.63) is 29.8 Å². The zero-order valence-electron chi connectivity index (χ0n) is 16.7. The predicted molar refractivity (Wildman–Crippen MR) is 106 cm³/mol. The number of piperidine rings is 1. The summed E-state index contributed by atoms with van der Waals surface area (Å²) >= 11 is 0. The molecule has 6 heteroatoms. The van der Waals surface area contributed by atoms with Crippen LogP contribution < -0.4 is 14.8 Å². The van der Waals surface area contributed by atoms with Gasteiger partial charge in [-0.15, -0.1) is 0 Å². The van der Waals surface area contributed by atoms with Crippen LogP contribution in [-0.4, -0.2) is 50.1 Å². The Balaban J connectivity index is 1.84. The first-order valence-electron chi connectivity index (χ1n) is 9.40. The maximum atomic E-state index is 12.2. The van der Waals surface area contributed by atoms with Crippen molar-refractivity contribution in [3.63, 3.8) is 0 Å². The normalized spacial score (nSPS) is 15.2. The Labute approximate surface area is 161 Å². The summed E-state index contributed by atoms with van der Waals surface area (Å²) < 4.78 is 10.5. The third-order valence-electron chi connectivity index (χ3n) is 4.58. The Morgan fingerprint density at radius 3 is 2.26 bits per heavy atom. The van der Waals surface area contributed by atoms with Crippen LogP contribution in [0, 0.1) is 5.92 Å². The number of nitrogens with zero attached hydrogens (tertiary/aromatic N) is 1. The molecule has 1 aromatic carbocycles. The third kappa shape index (κ3) is 6.62. The molecule has 1 fully saturated rings. The van der Waals surface area contributed by atoms with Gasteiger partial charge in [-0.3, -0.25) is 9.59 Å². The predicted octanol–water partition coefficient (Wildman–Crippen LogP) is 2.87. The maximum Gasteiger partial charge on any atom is 0.244 e. The second kappa shape index (κ2) is 10.00. The third-order valence-corrected chi connectivity index (χ3v) is 4.58. The highest BCUT2D eigenvalue weighted by molar-refractivity contribution is 5.92. The Kier molecular flexibility index (Phi) is 7.70. The van der Waals surface area contributed by atoms with E-state index in [1.807, 2.05) is 17.0 Å². The molecule has 0 spiro atoms. The summed E-state index contributed by atoms with van der Waals surface area (Å²) in [6.45, 7) is 5.50. The smallest absolute Gasteiger partial charge is 0.244 e. The minimum atomic E-state index is -0.135. The van der Waals surface area contributed by atoms with Gasteiger partial charge in [-0.05, 0) is 42.5 Å². The van der Waals surface area contributed by atoms with Gasteiger partial charge in [0, 0.05) is 37.7 Å². The number of amides is 2. The van der Waals surface area contributed by atoms with Gasteiger partial charge in [-0.2, -0.15) is 0 Å². The van der Waals surface area contributed by atoms with E-state index in [-0.39, 0.29) is 17.9 Å². The van der Waals surface area contributed by atoms with Gasteiger partial charge in [-0.1, -0.05) is 13.8 Å². The van der Waals surface area contributed by atoms with Gasteiger partial charge in [0.15, 0.2) is 0 Å². The van der Waals surface area contributed by atoms with E-state index in [9.17, 15) is 9.59 Å². The van der Waals surface area contributed by atoms with Crippen molar-refractivity contribution in [2.24, 2.45) is 5.92 Å². The number of methoxy groups -OCH3 is 2. The fraction of sp³-hybridized carbons (Fsp3) is 0.524. The zero-order valence-corrected chi connectivity index (χ0v) is 16.7. The van der Waals surface area contributed by atoms with Crippen LogP contribution >= 0.6 is 0 Å². The van der Waals surface area contributed by atoms with Crippen molar-refractivity contribution in [1.82, 2.24) is 10.2 Å². The van der Waals surface area contributed by atoms with Crippen LogP contribution in [0.5, 0.6) is 11.5 Å². The summed E-state index contributed by atoms with van der Waals surface area (Å²) in [6, 6.07) is 5.56. The number of likely N-dealkylation sites (tertiary alicyclic amines) is 1. The van der Waals surface area contributed by atoms with Crippen molar-refractivity contribution >= 4 is 17.9 Å². The molecule has 6 nitrogen and oxygen atoms in total. The summed E-state index contributed by atoms with van der Waals surface area (Å²) in [7, 11) is 3.18. The van der Waals surface area contributed by atoms with Crippen molar-refractivity contribution in [2.45, 2.75) is 39.2 Å². The number of hydrogen-bond acceptors (Lipinski definition) is 4. The highest BCUT2D eigenvalue weighted by atomic mass is 16.5. The number of carbonyl (C=O) groups excluding carboxylic acids is 2. The standard InChI is InChI=1S/C21H30N2O4/c1-15(2)11-21(25)23-9-7-17(8-10-23)22-20(24)6-5-16-12-18(26-3)14-19(13-16)27-4/h5-6,12-15,17H,7-11H2,1-4H3,(H,22,24). The van der Waals surface area contributed by atoms with Gasteiger partial charge < -0.3 is 19.7 Å². The first-order chi connectivity index (χ1) is 12.9. The monoisotopic (exact) mass is 374 g/mol. The molecule has 0 aromatic heterocycles. The fourth-order valence-electron chi connectivity index (χ4n) is 3.10. The minimum Gasteiger partial charge on any atom is -0.497 e. The van der Waals surface area contributed by atoms with E-state index in [4.69, 9.17) is 9.47 Å². The van der Waals surface area contributed by atoms with Crippen molar-refractivity contribution in [3.8, 4) is 11.5 Å². The molecule has 1 heterocycles. The van der Waals surface area contributed by atoms with E-state index in [2.05, 4.69) is 19.2 Å². The molecular weight excluding hydrogens is 344 g/mol. The highest BCUT2D eigenvalue weighted by Crippen LogP contribution is 2.23. The quantitative estimate of drug-likeness (QED) is 0.745. The molecule has 1 aliphatic rings. The summed E-state index contributed by atoms with van der Waals surface area (Å²) in [5.74, 6) is 1.79. The summed E-state index contributed by atoms with van der Waals surface area (Å²) in [6.07, 6.45) is 5.42. The van der Waals surface area contributed by atoms with Gasteiger partial charge in [0.25, 0.3) is 0 Å². The number of ether oxygens (including phenoxy) is 2. The van der Waals surface area contributed by atoms with Crippen LogP contribution in [0.3, 0.4) is 0 Å². The lowest BCUT2D eigenvalue weighted by Gasteiger charge is -2.32. The molecular formula is C21H30N2O4. The second-order valence-corrected chi connectivity index (χ2v) is 7.24. The number of benzene rings is 1. The van der Waals surface area contributed by atoms with E-state index < -0.39 is 0 Å². The van der Waals surface area contributed by atoms with Crippen molar-refractivity contribution < 1.29 is 19.1 Å². The molecule has 0 radical (unpaired) electrons. The van der Waals surface area contributed by atoms with E-state index in [0.29, 0.717) is 36.9 Å².